The normalized spacial score (nSPS) is 14.1. The van der Waals surface area contributed by atoms with Crippen LogP contribution in [0, 0.1) is 5.41 Å². The summed E-state index contributed by atoms with van der Waals surface area (Å²) in [4.78, 5) is 4.19. The molecule has 54 valence electrons. The van der Waals surface area contributed by atoms with Gasteiger partial charge in [-0.3, -0.25) is 4.99 Å². The smallest absolute Gasteiger partial charge is 0.0276 e. The highest BCUT2D eigenvalue weighted by Gasteiger charge is 2.15. The maximum absolute atomic E-state index is 4.19. The molecule has 0 saturated heterocycles. The minimum Gasteiger partial charge on any atom is -0.297 e. The molecule has 0 aliphatic heterocycles. The van der Waals surface area contributed by atoms with E-state index in [1.54, 1.807) is 0 Å². The predicted molar refractivity (Wildman–Crippen MR) is 43.1 cm³/mol. The lowest BCUT2D eigenvalue weighted by Crippen LogP contribution is -2.18. The first kappa shape index (κ1) is 8.67. The zero-order chi connectivity index (χ0) is 7.49. The molecule has 0 radical (unpaired) electrons. The van der Waals surface area contributed by atoms with Gasteiger partial charge in [0.2, 0.25) is 0 Å². The van der Waals surface area contributed by atoms with Crippen LogP contribution in [0.3, 0.4) is 0 Å². The Kier molecular flexibility index (Phi) is 2.89. The second-order valence-electron chi connectivity index (χ2n) is 3.27. The monoisotopic (exact) mass is 127 g/mol. The van der Waals surface area contributed by atoms with Gasteiger partial charge in [-0.05, 0) is 11.8 Å². The molecule has 0 bridgehead atoms. The van der Waals surface area contributed by atoms with Crippen molar-refractivity contribution in [3.63, 3.8) is 0 Å². The van der Waals surface area contributed by atoms with Gasteiger partial charge in [-0.2, -0.15) is 0 Å². The average molecular weight is 127 g/mol. The summed E-state index contributed by atoms with van der Waals surface area (Å²) in [5.41, 5.74) is 1.56. The molecule has 0 aliphatic carbocycles. The van der Waals surface area contributed by atoms with Crippen LogP contribution < -0.4 is 0 Å². The summed E-state index contributed by atoms with van der Waals surface area (Å²) in [6.45, 7) is 8.73. The highest BCUT2D eigenvalue weighted by atomic mass is 14.7. The van der Waals surface area contributed by atoms with Crippen molar-refractivity contribution in [3.8, 4) is 0 Å². The Morgan fingerprint density at radius 1 is 1.33 bits per heavy atom. The second kappa shape index (κ2) is 3.00. The van der Waals surface area contributed by atoms with Crippen LogP contribution in [0.25, 0.3) is 0 Å². The molecule has 0 heterocycles. The van der Waals surface area contributed by atoms with E-state index in [0.29, 0.717) is 0 Å². The van der Waals surface area contributed by atoms with Gasteiger partial charge in [0.15, 0.2) is 0 Å². The Morgan fingerprint density at radius 3 is 1.78 bits per heavy atom. The van der Waals surface area contributed by atoms with E-state index < -0.39 is 0 Å². The number of nitrogens with zero attached hydrogens (tertiary/aromatic N) is 1. The Balaban J connectivity index is 4.14. The highest BCUT2D eigenvalue weighted by molar-refractivity contribution is 5.88. The standard InChI is InChI=1S/C8H17N/c1-6-7(9-5)8(2,3)4/h6H2,1-5H3. The van der Waals surface area contributed by atoms with E-state index in [2.05, 4.69) is 32.7 Å². The van der Waals surface area contributed by atoms with Crippen molar-refractivity contribution in [2.45, 2.75) is 34.1 Å². The number of aliphatic imine (C=N–C) groups is 1. The van der Waals surface area contributed by atoms with Gasteiger partial charge in [-0.25, -0.2) is 0 Å². The second-order valence-corrected chi connectivity index (χ2v) is 3.27. The molecule has 0 fully saturated rings. The van der Waals surface area contributed by atoms with E-state index in [4.69, 9.17) is 0 Å². The highest BCUT2D eigenvalue weighted by Crippen LogP contribution is 2.17. The van der Waals surface area contributed by atoms with Crippen LogP contribution in [-0.4, -0.2) is 12.8 Å². The van der Waals surface area contributed by atoms with E-state index in [9.17, 15) is 0 Å². The van der Waals surface area contributed by atoms with E-state index in [-0.39, 0.29) is 5.41 Å². The molecular weight excluding hydrogens is 110 g/mol. The van der Waals surface area contributed by atoms with Crippen LogP contribution in [0.4, 0.5) is 0 Å². The van der Waals surface area contributed by atoms with Crippen molar-refractivity contribution in [2.24, 2.45) is 10.4 Å². The average Bonchev–Trinajstić information content (AvgIpc) is 1.65. The summed E-state index contributed by atoms with van der Waals surface area (Å²) < 4.78 is 0. The van der Waals surface area contributed by atoms with Crippen LogP contribution in [-0.2, 0) is 0 Å². The largest absolute Gasteiger partial charge is 0.297 e. The van der Waals surface area contributed by atoms with Gasteiger partial charge >= 0.3 is 0 Å². The molecule has 1 nitrogen and oxygen atoms in total. The summed E-state index contributed by atoms with van der Waals surface area (Å²) in [5.74, 6) is 0. The molecule has 0 atom stereocenters. The maximum atomic E-state index is 4.19. The first-order valence-electron chi connectivity index (χ1n) is 3.48. The number of hydrogen-bond donors (Lipinski definition) is 0. The molecule has 0 aromatic heterocycles. The molecule has 0 amide bonds. The van der Waals surface area contributed by atoms with Crippen LogP contribution in [0.5, 0.6) is 0 Å². The summed E-state index contributed by atoms with van der Waals surface area (Å²) in [7, 11) is 1.87. The SMILES string of the molecule is CCC(=NC)C(C)(C)C. The zero-order valence-corrected chi connectivity index (χ0v) is 7.15. The van der Waals surface area contributed by atoms with Crippen LogP contribution in [0.1, 0.15) is 34.1 Å². The van der Waals surface area contributed by atoms with Gasteiger partial charge in [0, 0.05) is 12.8 Å². The number of hydrogen-bond acceptors (Lipinski definition) is 1. The Labute approximate surface area is 58.2 Å². The fourth-order valence-electron chi connectivity index (χ4n) is 1.02. The van der Waals surface area contributed by atoms with Crippen molar-refractivity contribution < 1.29 is 0 Å². The fraction of sp³-hybridized carbons (Fsp3) is 0.875. The molecule has 0 aliphatic rings. The van der Waals surface area contributed by atoms with Gasteiger partial charge < -0.3 is 0 Å². The van der Waals surface area contributed by atoms with Crippen molar-refractivity contribution in [1.29, 1.82) is 0 Å². The van der Waals surface area contributed by atoms with Crippen molar-refractivity contribution in [3.05, 3.63) is 0 Å². The van der Waals surface area contributed by atoms with E-state index >= 15 is 0 Å². The minimum atomic E-state index is 0.267. The first-order chi connectivity index (χ1) is 4.02. The molecule has 0 saturated carbocycles. The van der Waals surface area contributed by atoms with E-state index in [1.165, 1.54) is 5.71 Å². The topological polar surface area (TPSA) is 12.4 Å². The third-order valence-corrected chi connectivity index (χ3v) is 1.47. The summed E-state index contributed by atoms with van der Waals surface area (Å²) >= 11 is 0. The molecule has 0 unspecified atom stereocenters. The van der Waals surface area contributed by atoms with E-state index in [1.807, 2.05) is 7.05 Å². The van der Waals surface area contributed by atoms with Gasteiger partial charge in [-0.1, -0.05) is 27.7 Å². The van der Waals surface area contributed by atoms with E-state index in [0.717, 1.165) is 6.42 Å². The van der Waals surface area contributed by atoms with Crippen molar-refractivity contribution in [2.75, 3.05) is 7.05 Å². The van der Waals surface area contributed by atoms with Gasteiger partial charge in [0.25, 0.3) is 0 Å². The molecule has 0 aromatic rings. The van der Waals surface area contributed by atoms with Crippen LogP contribution in [0.15, 0.2) is 4.99 Å². The molecule has 0 aromatic carbocycles. The van der Waals surface area contributed by atoms with Crippen molar-refractivity contribution >= 4 is 5.71 Å². The predicted octanol–water partition coefficient (Wildman–Crippen LogP) is 2.51. The fourth-order valence-corrected chi connectivity index (χ4v) is 1.02. The Bertz CT molecular complexity index is 106. The maximum Gasteiger partial charge on any atom is 0.0276 e. The zero-order valence-electron chi connectivity index (χ0n) is 7.15. The van der Waals surface area contributed by atoms with Crippen LogP contribution in [0.2, 0.25) is 0 Å². The minimum absolute atomic E-state index is 0.267. The quantitative estimate of drug-likeness (QED) is 0.480. The molecule has 1 heteroatoms. The van der Waals surface area contributed by atoms with Gasteiger partial charge in [0.05, 0.1) is 0 Å². The molecular formula is C8H17N. The Hall–Kier alpha value is -0.330. The molecule has 0 N–H and O–H groups in total. The lowest BCUT2D eigenvalue weighted by atomic mass is 9.88. The summed E-state index contributed by atoms with van der Waals surface area (Å²) in [6, 6.07) is 0. The third kappa shape index (κ3) is 2.64. The summed E-state index contributed by atoms with van der Waals surface area (Å²) in [6.07, 6.45) is 1.07. The van der Waals surface area contributed by atoms with Crippen LogP contribution >= 0.6 is 0 Å². The third-order valence-electron chi connectivity index (χ3n) is 1.47. The van der Waals surface area contributed by atoms with Crippen molar-refractivity contribution in [1.82, 2.24) is 0 Å². The molecule has 9 heavy (non-hydrogen) atoms. The molecule has 0 rings (SSSR count). The van der Waals surface area contributed by atoms with Gasteiger partial charge in [0.1, 0.15) is 0 Å². The number of rotatable bonds is 1. The lowest BCUT2D eigenvalue weighted by Gasteiger charge is -2.19. The molecule has 0 spiro atoms. The summed E-state index contributed by atoms with van der Waals surface area (Å²) in [5, 5.41) is 0. The van der Waals surface area contributed by atoms with Gasteiger partial charge in [-0.15, -0.1) is 0 Å². The first-order valence-corrected chi connectivity index (χ1v) is 3.48. The lowest BCUT2D eigenvalue weighted by molar-refractivity contribution is 0.579. The Morgan fingerprint density at radius 2 is 1.78 bits per heavy atom.